The molecule has 196 valence electrons. The summed E-state index contributed by atoms with van der Waals surface area (Å²) in [4.78, 5) is 37.2. The topological polar surface area (TPSA) is 104 Å². The molecule has 2 atom stereocenters. The lowest BCUT2D eigenvalue weighted by molar-refractivity contribution is -0.153. The summed E-state index contributed by atoms with van der Waals surface area (Å²) in [5.41, 5.74) is 2.57. The smallest absolute Gasteiger partial charge is 0.422 e. The fourth-order valence-electron chi connectivity index (χ4n) is 5.29. The number of carbonyl (C=O) groups excluding carboxylic acids is 2. The molecule has 2 aromatic carbocycles. The fraction of sp³-hybridized carbons (Fsp3) is 0.269. The quantitative estimate of drug-likeness (QED) is 0.371. The number of halogens is 3. The first-order valence-electron chi connectivity index (χ1n) is 11.9. The van der Waals surface area contributed by atoms with Gasteiger partial charge in [-0.15, -0.1) is 0 Å². The van der Waals surface area contributed by atoms with E-state index < -0.39 is 30.9 Å². The molecule has 0 aliphatic carbocycles. The highest BCUT2D eigenvalue weighted by atomic mass is 19.4. The van der Waals surface area contributed by atoms with Gasteiger partial charge in [0.1, 0.15) is 23.6 Å². The summed E-state index contributed by atoms with van der Waals surface area (Å²) in [7, 11) is 0. The van der Waals surface area contributed by atoms with Crippen LogP contribution in [0.2, 0.25) is 0 Å². The lowest BCUT2D eigenvalue weighted by atomic mass is 9.89. The second-order valence-corrected chi connectivity index (χ2v) is 9.33. The number of aromatic amines is 1. The summed E-state index contributed by atoms with van der Waals surface area (Å²) in [5.74, 6) is -0.312. The number of imidazole rings is 1. The molecule has 6 rings (SSSR count). The van der Waals surface area contributed by atoms with Crippen LogP contribution in [-0.4, -0.2) is 66.7 Å². The number of phenolic OH excluding ortho intramolecular Hbond substituents is 1. The molecule has 3 amide bonds. The zero-order chi connectivity index (χ0) is 26.6. The van der Waals surface area contributed by atoms with E-state index in [9.17, 15) is 27.9 Å². The first-order valence-corrected chi connectivity index (χ1v) is 11.9. The summed E-state index contributed by atoms with van der Waals surface area (Å²) in [6, 6.07) is 9.03. The highest BCUT2D eigenvalue weighted by Crippen LogP contribution is 2.45. The molecule has 1 fully saturated rings. The Morgan fingerprint density at radius 3 is 2.71 bits per heavy atom. The molecule has 2 aromatic heterocycles. The minimum absolute atomic E-state index is 0.0000536. The number of fused-ring (bicyclic) bond motifs is 4. The van der Waals surface area contributed by atoms with Crippen molar-refractivity contribution in [2.75, 3.05) is 13.2 Å². The normalized spacial score (nSPS) is 19.2. The summed E-state index contributed by atoms with van der Waals surface area (Å²) in [6.07, 6.45) is 0.648. The predicted octanol–water partition coefficient (Wildman–Crippen LogP) is 3.99. The number of ether oxygens (including phenoxy) is 1. The summed E-state index contributed by atoms with van der Waals surface area (Å²) in [6.45, 7) is -0.896. The first kappa shape index (κ1) is 23.9. The second kappa shape index (κ2) is 8.82. The SMILES string of the molecule is O=C1C2Cc3c([nH]c4ccc(OCC(F)(F)F)cc34)C(c3cccc(O)c3)N2C(=O)N1CCn1ccnc1. The Bertz CT molecular complexity index is 1530. The van der Waals surface area contributed by atoms with E-state index in [-0.39, 0.29) is 30.4 Å². The number of carbonyl (C=O) groups is 2. The van der Waals surface area contributed by atoms with Crippen molar-refractivity contribution in [3.63, 3.8) is 0 Å². The number of amides is 3. The molecule has 0 radical (unpaired) electrons. The van der Waals surface area contributed by atoms with Gasteiger partial charge in [0.05, 0.1) is 6.33 Å². The number of aromatic nitrogens is 3. The number of aromatic hydroxyl groups is 1. The van der Waals surface area contributed by atoms with Crippen LogP contribution < -0.4 is 4.74 Å². The number of hydrogen-bond donors (Lipinski definition) is 2. The molecular weight excluding hydrogens is 503 g/mol. The molecule has 2 aliphatic rings. The molecule has 0 bridgehead atoms. The minimum Gasteiger partial charge on any atom is -0.508 e. The van der Waals surface area contributed by atoms with Crippen LogP contribution in [0, 0.1) is 0 Å². The average Bonchev–Trinajstić information content (AvgIpc) is 3.58. The van der Waals surface area contributed by atoms with Gasteiger partial charge >= 0.3 is 12.2 Å². The Morgan fingerprint density at radius 2 is 1.97 bits per heavy atom. The lowest BCUT2D eigenvalue weighted by Crippen LogP contribution is -2.44. The van der Waals surface area contributed by atoms with E-state index in [2.05, 4.69) is 9.97 Å². The van der Waals surface area contributed by atoms with Gasteiger partial charge in [-0.2, -0.15) is 13.2 Å². The monoisotopic (exact) mass is 525 g/mol. The van der Waals surface area contributed by atoms with Gasteiger partial charge in [-0.1, -0.05) is 12.1 Å². The molecule has 0 spiro atoms. The van der Waals surface area contributed by atoms with Crippen molar-refractivity contribution < 1.29 is 32.6 Å². The summed E-state index contributed by atoms with van der Waals surface area (Å²) >= 11 is 0. The number of urea groups is 1. The highest BCUT2D eigenvalue weighted by Gasteiger charge is 2.52. The standard InChI is InChI=1S/C26H22F3N5O4/c27-26(28,29)13-38-17-4-5-20-18(11-17)19-12-21-24(36)33(9-8-32-7-6-30-14-32)25(37)34(21)23(22(19)31-20)15-2-1-3-16(35)10-15/h1-7,10-11,14,21,23,31,35H,8-9,12-13H2. The van der Waals surface area contributed by atoms with E-state index in [0.717, 1.165) is 0 Å². The van der Waals surface area contributed by atoms with Gasteiger partial charge in [-0.05, 0) is 41.5 Å². The van der Waals surface area contributed by atoms with Crippen molar-refractivity contribution in [3.8, 4) is 11.5 Å². The Labute approximate surface area is 214 Å². The molecular formula is C26H22F3N5O4. The molecule has 2 unspecified atom stereocenters. The number of nitrogens with zero attached hydrogens (tertiary/aromatic N) is 4. The molecule has 4 heterocycles. The Balaban J connectivity index is 1.41. The van der Waals surface area contributed by atoms with Gasteiger partial charge in [0.25, 0.3) is 5.91 Å². The highest BCUT2D eigenvalue weighted by molar-refractivity contribution is 6.05. The maximum absolute atomic E-state index is 13.6. The number of phenols is 1. The number of benzene rings is 2. The number of nitrogens with one attached hydrogen (secondary N) is 1. The van der Waals surface area contributed by atoms with Crippen molar-refractivity contribution in [2.45, 2.75) is 31.2 Å². The van der Waals surface area contributed by atoms with Gasteiger partial charge in [-0.3, -0.25) is 14.6 Å². The van der Waals surface area contributed by atoms with Gasteiger partial charge in [-0.25, -0.2) is 9.78 Å². The molecule has 9 nitrogen and oxygen atoms in total. The third-order valence-electron chi connectivity index (χ3n) is 6.93. The van der Waals surface area contributed by atoms with Crippen LogP contribution in [0.25, 0.3) is 10.9 Å². The number of imide groups is 1. The molecule has 0 saturated carbocycles. The zero-order valence-electron chi connectivity index (χ0n) is 19.9. The van der Waals surface area contributed by atoms with Crippen molar-refractivity contribution in [1.82, 2.24) is 24.3 Å². The van der Waals surface area contributed by atoms with Crippen LogP contribution in [0.5, 0.6) is 11.5 Å². The van der Waals surface area contributed by atoms with Gasteiger partial charge in [0.15, 0.2) is 6.61 Å². The van der Waals surface area contributed by atoms with Gasteiger partial charge in [0.2, 0.25) is 0 Å². The third kappa shape index (κ3) is 4.11. The van der Waals surface area contributed by atoms with Crippen molar-refractivity contribution in [3.05, 3.63) is 78.0 Å². The average molecular weight is 525 g/mol. The van der Waals surface area contributed by atoms with Crippen LogP contribution in [0.15, 0.2) is 61.2 Å². The van der Waals surface area contributed by atoms with E-state index >= 15 is 0 Å². The van der Waals surface area contributed by atoms with Crippen LogP contribution in [-0.2, 0) is 17.8 Å². The van der Waals surface area contributed by atoms with Gasteiger partial charge in [0, 0.05) is 48.5 Å². The molecule has 1 saturated heterocycles. The van der Waals surface area contributed by atoms with Crippen LogP contribution in [0.4, 0.5) is 18.0 Å². The number of hydrogen-bond acceptors (Lipinski definition) is 5. The minimum atomic E-state index is -4.48. The number of H-pyrrole nitrogens is 1. The largest absolute Gasteiger partial charge is 0.508 e. The zero-order valence-corrected chi connectivity index (χ0v) is 19.9. The Kier molecular flexibility index (Phi) is 5.55. The van der Waals surface area contributed by atoms with Crippen molar-refractivity contribution in [2.24, 2.45) is 0 Å². The third-order valence-corrected chi connectivity index (χ3v) is 6.93. The van der Waals surface area contributed by atoms with Crippen LogP contribution in [0.3, 0.4) is 0 Å². The van der Waals surface area contributed by atoms with E-state index in [4.69, 9.17) is 4.74 Å². The van der Waals surface area contributed by atoms with Gasteiger partial charge < -0.3 is 19.4 Å². The molecule has 2 N–H and O–H groups in total. The molecule has 4 aromatic rings. The van der Waals surface area contributed by atoms with E-state index in [1.54, 1.807) is 41.5 Å². The maximum Gasteiger partial charge on any atom is 0.422 e. The Hall–Kier alpha value is -4.48. The van der Waals surface area contributed by atoms with E-state index in [0.29, 0.717) is 34.3 Å². The molecule has 12 heteroatoms. The van der Waals surface area contributed by atoms with Crippen LogP contribution >= 0.6 is 0 Å². The number of alkyl halides is 3. The van der Waals surface area contributed by atoms with Crippen molar-refractivity contribution >= 4 is 22.8 Å². The molecule has 2 aliphatic heterocycles. The second-order valence-electron chi connectivity index (χ2n) is 9.33. The predicted molar refractivity (Wildman–Crippen MR) is 128 cm³/mol. The first-order chi connectivity index (χ1) is 18.2. The summed E-state index contributed by atoms with van der Waals surface area (Å²) < 4.78 is 44.9. The molecule has 38 heavy (non-hydrogen) atoms. The lowest BCUT2D eigenvalue weighted by Gasteiger charge is -2.36. The van der Waals surface area contributed by atoms with Crippen molar-refractivity contribution in [1.29, 1.82) is 0 Å². The van der Waals surface area contributed by atoms with E-state index in [1.807, 2.05) is 0 Å². The Morgan fingerprint density at radius 1 is 1.13 bits per heavy atom. The summed E-state index contributed by atoms with van der Waals surface area (Å²) in [5, 5.41) is 10.8. The van der Waals surface area contributed by atoms with Crippen LogP contribution in [0.1, 0.15) is 22.9 Å². The number of rotatable bonds is 6. The van der Waals surface area contributed by atoms with E-state index in [1.165, 1.54) is 34.1 Å². The maximum atomic E-state index is 13.6. The fourth-order valence-corrected chi connectivity index (χ4v) is 5.29.